The van der Waals surface area contributed by atoms with Crippen molar-refractivity contribution in [1.29, 1.82) is 0 Å². The highest BCUT2D eigenvalue weighted by molar-refractivity contribution is 5.78. The van der Waals surface area contributed by atoms with E-state index in [-0.39, 0.29) is 22.6 Å². The SMILES string of the molecule is CCN(CC)C(=O)CN1CCC(Nc2nccc(C)c2[N+](=O)[O-])CC1. The third-order valence-corrected chi connectivity index (χ3v) is 4.71. The summed E-state index contributed by atoms with van der Waals surface area (Å²) in [5, 5.41) is 14.5. The molecule has 25 heavy (non-hydrogen) atoms. The Morgan fingerprint density at radius 3 is 2.60 bits per heavy atom. The summed E-state index contributed by atoms with van der Waals surface area (Å²) in [5.74, 6) is 0.495. The van der Waals surface area contributed by atoms with E-state index in [2.05, 4.69) is 15.2 Å². The number of piperidine rings is 1. The molecule has 1 fully saturated rings. The molecule has 138 valence electrons. The number of carbonyl (C=O) groups excluding carboxylic acids is 1. The van der Waals surface area contributed by atoms with Crippen molar-refractivity contribution in [3.05, 3.63) is 27.9 Å². The third kappa shape index (κ3) is 4.88. The summed E-state index contributed by atoms with van der Waals surface area (Å²) >= 11 is 0. The number of carbonyl (C=O) groups is 1. The van der Waals surface area contributed by atoms with E-state index in [0.717, 1.165) is 39.0 Å². The Bertz CT molecular complexity index is 610. The molecule has 8 heteroatoms. The van der Waals surface area contributed by atoms with E-state index in [1.165, 1.54) is 0 Å². The van der Waals surface area contributed by atoms with Gasteiger partial charge in [-0.2, -0.15) is 0 Å². The molecule has 0 radical (unpaired) electrons. The lowest BCUT2D eigenvalue weighted by Gasteiger charge is -2.33. The lowest BCUT2D eigenvalue weighted by atomic mass is 10.0. The molecular weight excluding hydrogens is 322 g/mol. The zero-order valence-corrected chi connectivity index (χ0v) is 15.2. The Morgan fingerprint density at radius 1 is 1.40 bits per heavy atom. The van der Waals surface area contributed by atoms with Crippen molar-refractivity contribution in [3.63, 3.8) is 0 Å². The Balaban J connectivity index is 1.90. The van der Waals surface area contributed by atoms with Gasteiger partial charge in [-0.25, -0.2) is 4.98 Å². The largest absolute Gasteiger partial charge is 0.362 e. The average molecular weight is 349 g/mol. The van der Waals surface area contributed by atoms with Gasteiger partial charge in [0.25, 0.3) is 0 Å². The van der Waals surface area contributed by atoms with E-state index in [1.54, 1.807) is 19.2 Å². The molecule has 0 aliphatic carbocycles. The average Bonchev–Trinajstić information content (AvgIpc) is 2.57. The normalized spacial score (nSPS) is 15.8. The van der Waals surface area contributed by atoms with E-state index in [0.29, 0.717) is 17.9 Å². The first-order chi connectivity index (χ1) is 12.0. The lowest BCUT2D eigenvalue weighted by Crippen LogP contribution is -2.45. The topological polar surface area (TPSA) is 91.6 Å². The molecule has 1 aromatic rings. The monoisotopic (exact) mass is 349 g/mol. The number of nitrogens with zero attached hydrogens (tertiary/aromatic N) is 4. The molecule has 0 atom stereocenters. The van der Waals surface area contributed by atoms with Crippen molar-refractivity contribution in [2.45, 2.75) is 39.7 Å². The predicted molar refractivity (Wildman–Crippen MR) is 96.6 cm³/mol. The van der Waals surface area contributed by atoms with Crippen LogP contribution in [0.15, 0.2) is 12.3 Å². The van der Waals surface area contributed by atoms with E-state index in [4.69, 9.17) is 0 Å². The number of hydrogen-bond donors (Lipinski definition) is 1. The number of hydrogen-bond acceptors (Lipinski definition) is 6. The van der Waals surface area contributed by atoms with Crippen LogP contribution in [-0.2, 0) is 4.79 Å². The first kappa shape index (κ1) is 19.1. The number of pyridine rings is 1. The summed E-state index contributed by atoms with van der Waals surface area (Å²) in [6, 6.07) is 1.78. The van der Waals surface area contributed by atoms with Crippen LogP contribution in [0.1, 0.15) is 32.3 Å². The lowest BCUT2D eigenvalue weighted by molar-refractivity contribution is -0.384. The van der Waals surface area contributed by atoms with Crippen LogP contribution in [0.3, 0.4) is 0 Å². The maximum absolute atomic E-state index is 12.2. The highest BCUT2D eigenvalue weighted by Gasteiger charge is 2.25. The summed E-state index contributed by atoms with van der Waals surface area (Å²) in [5.41, 5.74) is 0.645. The molecule has 0 spiro atoms. The number of rotatable bonds is 7. The van der Waals surface area contributed by atoms with Crippen molar-refractivity contribution in [1.82, 2.24) is 14.8 Å². The van der Waals surface area contributed by atoms with Gasteiger partial charge < -0.3 is 10.2 Å². The minimum absolute atomic E-state index is 0.0432. The Hall–Kier alpha value is -2.22. The summed E-state index contributed by atoms with van der Waals surface area (Å²) in [6.45, 7) is 9.18. The maximum Gasteiger partial charge on any atom is 0.314 e. The molecule has 1 amide bonds. The van der Waals surface area contributed by atoms with Crippen molar-refractivity contribution in [2.24, 2.45) is 0 Å². The molecule has 1 aliphatic rings. The van der Waals surface area contributed by atoms with Gasteiger partial charge in [0, 0.05) is 44.0 Å². The fourth-order valence-corrected chi connectivity index (χ4v) is 3.18. The van der Waals surface area contributed by atoms with Crippen LogP contribution in [-0.4, -0.2) is 64.4 Å². The second-order valence-electron chi connectivity index (χ2n) is 6.34. The molecule has 8 nitrogen and oxygen atoms in total. The summed E-state index contributed by atoms with van der Waals surface area (Å²) in [7, 11) is 0. The first-order valence-corrected chi connectivity index (χ1v) is 8.82. The van der Waals surface area contributed by atoms with Crippen LogP contribution in [0.4, 0.5) is 11.5 Å². The first-order valence-electron chi connectivity index (χ1n) is 8.82. The van der Waals surface area contributed by atoms with Crippen LogP contribution in [0, 0.1) is 17.0 Å². The van der Waals surface area contributed by atoms with E-state index in [9.17, 15) is 14.9 Å². The van der Waals surface area contributed by atoms with Gasteiger partial charge in [0.05, 0.1) is 11.5 Å². The van der Waals surface area contributed by atoms with Crippen LogP contribution in [0.25, 0.3) is 0 Å². The number of anilines is 1. The zero-order valence-electron chi connectivity index (χ0n) is 15.2. The van der Waals surface area contributed by atoms with E-state index < -0.39 is 0 Å². The number of likely N-dealkylation sites (N-methyl/N-ethyl adjacent to an activating group) is 1. The molecule has 0 unspecified atom stereocenters. The molecular formula is C17H27N5O3. The van der Waals surface area contributed by atoms with Gasteiger partial charge in [-0.1, -0.05) is 0 Å². The summed E-state index contributed by atoms with van der Waals surface area (Å²) in [4.78, 5) is 31.2. The molecule has 0 aromatic carbocycles. The Labute approximate surface area is 148 Å². The van der Waals surface area contributed by atoms with Gasteiger partial charge in [0.1, 0.15) is 0 Å². The molecule has 1 aliphatic heterocycles. The van der Waals surface area contributed by atoms with Crippen molar-refractivity contribution >= 4 is 17.4 Å². The van der Waals surface area contributed by atoms with Gasteiger partial charge in [-0.05, 0) is 39.7 Å². The van der Waals surface area contributed by atoms with Crippen LogP contribution >= 0.6 is 0 Å². The van der Waals surface area contributed by atoms with Gasteiger partial charge in [-0.15, -0.1) is 0 Å². The number of aryl methyl sites for hydroxylation is 1. The predicted octanol–water partition coefficient (Wildman–Crippen LogP) is 2.04. The zero-order chi connectivity index (χ0) is 18.4. The number of nitro groups is 1. The fourth-order valence-electron chi connectivity index (χ4n) is 3.18. The van der Waals surface area contributed by atoms with Gasteiger partial charge in [-0.3, -0.25) is 19.8 Å². The quantitative estimate of drug-likeness (QED) is 0.598. The minimum Gasteiger partial charge on any atom is -0.362 e. The number of aromatic nitrogens is 1. The van der Waals surface area contributed by atoms with Crippen molar-refractivity contribution < 1.29 is 9.72 Å². The molecule has 1 aromatic heterocycles. The van der Waals surface area contributed by atoms with Gasteiger partial charge in [0.15, 0.2) is 0 Å². The maximum atomic E-state index is 12.2. The molecule has 0 saturated carbocycles. The highest BCUT2D eigenvalue weighted by Crippen LogP contribution is 2.27. The Morgan fingerprint density at radius 2 is 2.04 bits per heavy atom. The van der Waals surface area contributed by atoms with Crippen molar-refractivity contribution in [3.8, 4) is 0 Å². The van der Waals surface area contributed by atoms with Crippen LogP contribution in [0.5, 0.6) is 0 Å². The van der Waals surface area contributed by atoms with Gasteiger partial charge in [0.2, 0.25) is 11.7 Å². The molecule has 2 heterocycles. The minimum atomic E-state index is -0.386. The van der Waals surface area contributed by atoms with Crippen LogP contribution < -0.4 is 5.32 Å². The number of likely N-dealkylation sites (tertiary alicyclic amines) is 1. The molecule has 0 bridgehead atoms. The smallest absolute Gasteiger partial charge is 0.314 e. The summed E-state index contributed by atoms with van der Waals surface area (Å²) in [6.07, 6.45) is 3.25. The standard InChI is InChI=1S/C17H27N5O3/c1-4-21(5-2)15(23)12-20-10-7-14(8-11-20)19-17-16(22(24)25)13(3)6-9-18-17/h6,9,14H,4-5,7-8,10-12H2,1-3H3,(H,18,19). The van der Waals surface area contributed by atoms with Crippen LogP contribution in [0.2, 0.25) is 0 Å². The fraction of sp³-hybridized carbons (Fsp3) is 0.647. The summed E-state index contributed by atoms with van der Waals surface area (Å²) < 4.78 is 0. The van der Waals surface area contributed by atoms with Crippen molar-refractivity contribution in [2.75, 3.05) is 38.0 Å². The van der Waals surface area contributed by atoms with E-state index in [1.807, 2.05) is 18.7 Å². The number of amides is 1. The highest BCUT2D eigenvalue weighted by atomic mass is 16.6. The third-order valence-electron chi connectivity index (χ3n) is 4.71. The number of nitrogens with one attached hydrogen (secondary N) is 1. The molecule has 1 saturated heterocycles. The van der Waals surface area contributed by atoms with E-state index >= 15 is 0 Å². The van der Waals surface area contributed by atoms with Gasteiger partial charge >= 0.3 is 5.69 Å². The Kier molecular flexibility index (Phi) is 6.69. The molecule has 1 N–H and O–H groups in total. The second kappa shape index (κ2) is 8.75. The molecule has 2 rings (SSSR count). The second-order valence-corrected chi connectivity index (χ2v) is 6.34.